The number of amides is 1. The van der Waals surface area contributed by atoms with Gasteiger partial charge in [-0.3, -0.25) is 4.90 Å². The summed E-state index contributed by atoms with van der Waals surface area (Å²) in [5, 5.41) is 2.79. The van der Waals surface area contributed by atoms with E-state index >= 15 is 0 Å². The number of carbonyl (C=O) groups is 1. The van der Waals surface area contributed by atoms with Crippen molar-refractivity contribution in [3.63, 3.8) is 0 Å². The van der Waals surface area contributed by atoms with Crippen LogP contribution in [0.1, 0.15) is 17.5 Å². The molecule has 6 heteroatoms. The highest BCUT2D eigenvalue weighted by molar-refractivity contribution is 5.67. The van der Waals surface area contributed by atoms with Crippen molar-refractivity contribution in [3.8, 4) is 5.75 Å². The summed E-state index contributed by atoms with van der Waals surface area (Å²) < 4.78 is 11.1. The minimum absolute atomic E-state index is 0.284. The largest absolute Gasteiger partial charge is 0.492 e. The van der Waals surface area contributed by atoms with Gasteiger partial charge in [-0.15, -0.1) is 0 Å². The lowest BCUT2D eigenvalue weighted by molar-refractivity contribution is 0.140. The predicted molar refractivity (Wildman–Crippen MR) is 119 cm³/mol. The number of ether oxygens (including phenoxy) is 2. The Morgan fingerprint density at radius 1 is 1.10 bits per heavy atom. The van der Waals surface area contributed by atoms with Crippen LogP contribution in [0.4, 0.5) is 4.79 Å². The lowest BCUT2D eigenvalue weighted by Crippen LogP contribution is -2.33. The number of hydrogen-bond donors (Lipinski definition) is 1. The first-order valence-corrected chi connectivity index (χ1v) is 10.7. The van der Waals surface area contributed by atoms with Gasteiger partial charge in [0.15, 0.2) is 0 Å². The zero-order valence-electron chi connectivity index (χ0n) is 18.0. The molecule has 1 unspecified atom stereocenters. The zero-order chi connectivity index (χ0) is 21.2. The van der Waals surface area contributed by atoms with Crippen LogP contribution in [0.2, 0.25) is 0 Å². The van der Waals surface area contributed by atoms with E-state index < -0.39 is 6.09 Å². The Labute approximate surface area is 179 Å². The summed E-state index contributed by atoms with van der Waals surface area (Å²) in [5.74, 6) is 0.886. The van der Waals surface area contributed by atoms with Gasteiger partial charge in [0.2, 0.25) is 0 Å². The molecule has 6 nitrogen and oxygen atoms in total. The minimum Gasteiger partial charge on any atom is -0.492 e. The molecule has 2 aromatic carbocycles. The van der Waals surface area contributed by atoms with Gasteiger partial charge in [-0.25, -0.2) is 4.79 Å². The Bertz CT molecular complexity index is 765. The minimum atomic E-state index is -0.391. The average molecular weight is 412 g/mol. The Kier molecular flexibility index (Phi) is 8.53. The summed E-state index contributed by atoms with van der Waals surface area (Å²) in [6.45, 7) is 4.75. The molecule has 1 amide bonds. The van der Waals surface area contributed by atoms with E-state index in [0.717, 1.165) is 42.9 Å². The summed E-state index contributed by atoms with van der Waals surface area (Å²) >= 11 is 0. The monoisotopic (exact) mass is 411 g/mol. The molecule has 1 heterocycles. The first-order valence-electron chi connectivity index (χ1n) is 10.7. The Morgan fingerprint density at radius 2 is 1.87 bits per heavy atom. The molecule has 3 rings (SSSR count). The Morgan fingerprint density at radius 3 is 2.57 bits per heavy atom. The fourth-order valence-corrected chi connectivity index (χ4v) is 3.56. The molecule has 1 N–H and O–H groups in total. The molecular formula is C24H33N3O3. The van der Waals surface area contributed by atoms with E-state index in [1.165, 1.54) is 6.42 Å². The summed E-state index contributed by atoms with van der Waals surface area (Å²) in [5.41, 5.74) is 2.13. The van der Waals surface area contributed by atoms with Crippen LogP contribution in [0.5, 0.6) is 5.75 Å². The number of hydrogen-bond acceptors (Lipinski definition) is 5. The van der Waals surface area contributed by atoms with E-state index in [0.29, 0.717) is 19.2 Å². The molecule has 0 aromatic heterocycles. The van der Waals surface area contributed by atoms with Gasteiger partial charge in [0.25, 0.3) is 0 Å². The molecule has 30 heavy (non-hydrogen) atoms. The van der Waals surface area contributed by atoms with Gasteiger partial charge in [-0.05, 0) is 56.7 Å². The molecule has 1 aliphatic heterocycles. The second-order valence-corrected chi connectivity index (χ2v) is 7.94. The van der Waals surface area contributed by atoms with Crippen LogP contribution in [0.3, 0.4) is 0 Å². The summed E-state index contributed by atoms with van der Waals surface area (Å²) in [6.07, 6.45) is 1.59. The number of likely N-dealkylation sites (tertiary alicyclic amines) is 1. The molecule has 162 valence electrons. The van der Waals surface area contributed by atoms with E-state index in [9.17, 15) is 4.79 Å². The number of likely N-dealkylation sites (N-methyl/N-ethyl adjacent to an activating group) is 1. The number of nitrogens with zero attached hydrogens (tertiary/aromatic N) is 2. The standard InChI is InChI=1S/C24H33N3O3/c1-26(2)22-13-15-27(18-22)16-17-29-23-10-8-20(9-11-23)12-14-25-24(28)30-19-21-6-4-3-5-7-21/h3-11,22H,12-19H2,1-2H3,(H,25,28). The second-order valence-electron chi connectivity index (χ2n) is 7.94. The maximum absolute atomic E-state index is 11.8. The van der Waals surface area contributed by atoms with Crippen molar-refractivity contribution in [1.82, 2.24) is 15.1 Å². The maximum atomic E-state index is 11.8. The molecule has 0 saturated carbocycles. The van der Waals surface area contributed by atoms with Crippen molar-refractivity contribution in [2.24, 2.45) is 0 Å². The third-order valence-electron chi connectivity index (χ3n) is 5.47. The van der Waals surface area contributed by atoms with Crippen molar-refractivity contribution in [1.29, 1.82) is 0 Å². The third kappa shape index (κ3) is 7.35. The highest BCUT2D eigenvalue weighted by atomic mass is 16.5. The van der Waals surface area contributed by atoms with Crippen LogP contribution in [-0.4, -0.2) is 68.8 Å². The van der Waals surface area contributed by atoms with Gasteiger partial charge in [0.05, 0.1) is 0 Å². The number of benzene rings is 2. The van der Waals surface area contributed by atoms with Gasteiger partial charge in [0, 0.05) is 25.7 Å². The molecule has 0 bridgehead atoms. The van der Waals surface area contributed by atoms with E-state index in [1.54, 1.807) is 0 Å². The molecular weight excluding hydrogens is 378 g/mol. The van der Waals surface area contributed by atoms with Crippen molar-refractivity contribution in [3.05, 3.63) is 65.7 Å². The van der Waals surface area contributed by atoms with Crippen LogP contribution in [0, 0.1) is 0 Å². The molecule has 0 radical (unpaired) electrons. The van der Waals surface area contributed by atoms with Gasteiger partial charge < -0.3 is 19.7 Å². The number of carbonyl (C=O) groups excluding carboxylic acids is 1. The molecule has 2 aromatic rings. The van der Waals surface area contributed by atoms with Gasteiger partial charge in [0.1, 0.15) is 19.0 Å². The first-order chi connectivity index (χ1) is 14.6. The summed E-state index contributed by atoms with van der Waals surface area (Å²) in [4.78, 5) is 16.5. The third-order valence-corrected chi connectivity index (χ3v) is 5.47. The summed E-state index contributed by atoms with van der Waals surface area (Å²) in [7, 11) is 4.30. The van der Waals surface area contributed by atoms with Crippen LogP contribution in [0.25, 0.3) is 0 Å². The van der Waals surface area contributed by atoms with Gasteiger partial charge >= 0.3 is 6.09 Å². The summed E-state index contributed by atoms with van der Waals surface area (Å²) in [6, 6.07) is 18.4. The SMILES string of the molecule is CN(C)C1CCN(CCOc2ccc(CCNC(=O)OCc3ccccc3)cc2)C1. The van der Waals surface area contributed by atoms with E-state index in [2.05, 4.69) is 29.2 Å². The fraction of sp³-hybridized carbons (Fsp3) is 0.458. The number of nitrogens with one attached hydrogen (secondary N) is 1. The second kappa shape index (κ2) is 11.6. The van der Waals surface area contributed by atoms with Crippen molar-refractivity contribution in [2.75, 3.05) is 46.9 Å². The average Bonchev–Trinajstić information content (AvgIpc) is 3.23. The van der Waals surface area contributed by atoms with Crippen LogP contribution >= 0.6 is 0 Å². The van der Waals surface area contributed by atoms with Crippen LogP contribution in [0.15, 0.2) is 54.6 Å². The lowest BCUT2D eigenvalue weighted by Gasteiger charge is -2.20. The van der Waals surface area contributed by atoms with Crippen LogP contribution in [-0.2, 0) is 17.8 Å². The highest BCUT2D eigenvalue weighted by Gasteiger charge is 2.23. The van der Waals surface area contributed by atoms with Crippen molar-refractivity contribution < 1.29 is 14.3 Å². The number of rotatable bonds is 10. The maximum Gasteiger partial charge on any atom is 0.407 e. The van der Waals surface area contributed by atoms with Gasteiger partial charge in [-0.1, -0.05) is 42.5 Å². The lowest BCUT2D eigenvalue weighted by atomic mass is 10.1. The topological polar surface area (TPSA) is 54.0 Å². The van der Waals surface area contributed by atoms with E-state index in [1.807, 2.05) is 54.6 Å². The smallest absolute Gasteiger partial charge is 0.407 e. The molecule has 0 spiro atoms. The van der Waals surface area contributed by atoms with E-state index in [4.69, 9.17) is 9.47 Å². The highest BCUT2D eigenvalue weighted by Crippen LogP contribution is 2.15. The Balaban J connectivity index is 1.28. The molecule has 0 aliphatic carbocycles. The van der Waals surface area contributed by atoms with Gasteiger partial charge in [-0.2, -0.15) is 0 Å². The predicted octanol–water partition coefficient (Wildman–Crippen LogP) is 3.17. The van der Waals surface area contributed by atoms with Crippen LogP contribution < -0.4 is 10.1 Å². The van der Waals surface area contributed by atoms with Crippen molar-refractivity contribution >= 4 is 6.09 Å². The molecule has 1 aliphatic rings. The normalized spacial score (nSPS) is 16.6. The zero-order valence-corrected chi connectivity index (χ0v) is 18.0. The quantitative estimate of drug-likeness (QED) is 0.651. The number of alkyl carbamates (subject to hydrolysis) is 1. The van der Waals surface area contributed by atoms with Crippen molar-refractivity contribution in [2.45, 2.75) is 25.5 Å². The fourth-order valence-electron chi connectivity index (χ4n) is 3.56. The first kappa shape index (κ1) is 22.1. The molecule has 1 saturated heterocycles. The molecule has 1 fully saturated rings. The Hall–Kier alpha value is -2.57. The van der Waals surface area contributed by atoms with E-state index in [-0.39, 0.29) is 6.61 Å². The molecule has 1 atom stereocenters.